The van der Waals surface area contributed by atoms with Crippen LogP contribution in [-0.2, 0) is 30.6 Å². The minimum Gasteiger partial charge on any atom is -0.493 e. The molecule has 0 spiro atoms. The molecule has 1 N–H and O–H groups in total. The van der Waals surface area contributed by atoms with Crippen molar-refractivity contribution in [2.24, 2.45) is 0 Å². The zero-order valence-electron chi connectivity index (χ0n) is 14.6. The molecule has 0 saturated heterocycles. The molecule has 0 aliphatic heterocycles. The predicted molar refractivity (Wildman–Crippen MR) is 93.6 cm³/mol. The van der Waals surface area contributed by atoms with Crippen LogP contribution in [0, 0.1) is 0 Å². The first kappa shape index (κ1) is 18.2. The second-order valence-electron chi connectivity index (χ2n) is 6.27. The number of aryl methyl sites for hydroxylation is 2. The lowest BCUT2D eigenvalue weighted by atomic mass is 10.0. The highest BCUT2D eigenvalue weighted by atomic mass is 19.3. The first-order valence-corrected chi connectivity index (χ1v) is 8.54. The van der Waals surface area contributed by atoms with E-state index >= 15 is 0 Å². The summed E-state index contributed by atoms with van der Waals surface area (Å²) in [6.45, 7) is -2.63. The Bertz CT molecular complexity index is 793. The van der Waals surface area contributed by atoms with Gasteiger partial charge in [-0.1, -0.05) is 24.3 Å². The molecule has 0 radical (unpaired) electrons. The van der Waals surface area contributed by atoms with Gasteiger partial charge in [-0.05, 0) is 53.6 Å². The van der Waals surface area contributed by atoms with E-state index in [0.717, 1.165) is 24.0 Å². The SMILES string of the molecule is COc1cc(CNC(=O)Cc2ccc3c(c2)CCC3)ccc1OC(F)F. The Balaban J connectivity index is 1.57. The largest absolute Gasteiger partial charge is 0.493 e. The van der Waals surface area contributed by atoms with Crippen molar-refractivity contribution in [3.8, 4) is 11.5 Å². The minimum absolute atomic E-state index is 0.0317. The summed E-state index contributed by atoms with van der Waals surface area (Å²) < 4.78 is 34.1. The number of methoxy groups -OCH3 is 1. The molecule has 1 amide bonds. The summed E-state index contributed by atoms with van der Waals surface area (Å²) in [5.74, 6) is 0.0845. The smallest absolute Gasteiger partial charge is 0.387 e. The number of ether oxygens (including phenoxy) is 2. The van der Waals surface area contributed by atoms with Crippen LogP contribution in [0.2, 0.25) is 0 Å². The van der Waals surface area contributed by atoms with Crippen molar-refractivity contribution in [3.05, 3.63) is 58.7 Å². The Labute approximate surface area is 151 Å². The van der Waals surface area contributed by atoms with Crippen molar-refractivity contribution in [2.45, 2.75) is 38.8 Å². The quantitative estimate of drug-likeness (QED) is 0.819. The van der Waals surface area contributed by atoms with E-state index in [1.807, 2.05) is 6.07 Å². The van der Waals surface area contributed by atoms with Gasteiger partial charge in [-0.3, -0.25) is 4.79 Å². The third-order valence-electron chi connectivity index (χ3n) is 4.46. The molecular formula is C20H21F2NO3. The highest BCUT2D eigenvalue weighted by molar-refractivity contribution is 5.78. The summed E-state index contributed by atoms with van der Waals surface area (Å²) in [5.41, 5.74) is 4.47. The number of amides is 1. The average molecular weight is 361 g/mol. The lowest BCUT2D eigenvalue weighted by Gasteiger charge is -2.12. The molecule has 26 heavy (non-hydrogen) atoms. The van der Waals surface area contributed by atoms with Crippen molar-refractivity contribution >= 4 is 5.91 Å². The van der Waals surface area contributed by atoms with Gasteiger partial charge in [0.25, 0.3) is 0 Å². The van der Waals surface area contributed by atoms with Crippen LogP contribution in [0.4, 0.5) is 8.78 Å². The van der Waals surface area contributed by atoms with E-state index in [9.17, 15) is 13.6 Å². The van der Waals surface area contributed by atoms with Gasteiger partial charge < -0.3 is 14.8 Å². The van der Waals surface area contributed by atoms with Gasteiger partial charge in [0.2, 0.25) is 5.91 Å². The second-order valence-corrected chi connectivity index (χ2v) is 6.27. The summed E-state index contributed by atoms with van der Waals surface area (Å²) >= 11 is 0. The molecule has 1 aliphatic carbocycles. The molecule has 138 valence electrons. The second kappa shape index (κ2) is 8.17. The monoisotopic (exact) mass is 361 g/mol. The Morgan fingerprint density at radius 2 is 1.85 bits per heavy atom. The Morgan fingerprint density at radius 1 is 1.08 bits per heavy atom. The van der Waals surface area contributed by atoms with Crippen molar-refractivity contribution < 1.29 is 23.0 Å². The third-order valence-corrected chi connectivity index (χ3v) is 4.46. The zero-order chi connectivity index (χ0) is 18.5. The van der Waals surface area contributed by atoms with Crippen LogP contribution in [0.25, 0.3) is 0 Å². The summed E-state index contributed by atoms with van der Waals surface area (Å²) in [5, 5.41) is 2.84. The van der Waals surface area contributed by atoms with Gasteiger partial charge in [0.05, 0.1) is 13.5 Å². The maximum absolute atomic E-state index is 12.3. The van der Waals surface area contributed by atoms with Gasteiger partial charge in [0.15, 0.2) is 11.5 Å². The fourth-order valence-corrected chi connectivity index (χ4v) is 3.20. The number of rotatable bonds is 7. The van der Waals surface area contributed by atoms with Gasteiger partial charge in [-0.25, -0.2) is 0 Å². The molecule has 2 aromatic rings. The summed E-state index contributed by atoms with van der Waals surface area (Å²) in [4.78, 5) is 12.2. The van der Waals surface area contributed by atoms with E-state index in [-0.39, 0.29) is 24.0 Å². The van der Waals surface area contributed by atoms with Gasteiger partial charge in [0, 0.05) is 6.54 Å². The molecule has 0 heterocycles. The van der Waals surface area contributed by atoms with Crippen LogP contribution in [0.3, 0.4) is 0 Å². The lowest BCUT2D eigenvalue weighted by molar-refractivity contribution is -0.120. The van der Waals surface area contributed by atoms with Crippen LogP contribution in [0.15, 0.2) is 36.4 Å². The number of carbonyl (C=O) groups excluding carboxylic acids is 1. The van der Waals surface area contributed by atoms with Crippen molar-refractivity contribution in [1.82, 2.24) is 5.32 Å². The van der Waals surface area contributed by atoms with E-state index in [1.54, 1.807) is 12.1 Å². The van der Waals surface area contributed by atoms with Crippen LogP contribution >= 0.6 is 0 Å². The number of nitrogens with one attached hydrogen (secondary N) is 1. The molecule has 0 bridgehead atoms. The number of carbonyl (C=O) groups is 1. The number of halogens is 2. The third kappa shape index (κ3) is 4.50. The Kier molecular flexibility index (Phi) is 5.71. The predicted octanol–water partition coefficient (Wildman–Crippen LogP) is 3.64. The molecule has 6 heteroatoms. The Hall–Kier alpha value is -2.63. The molecule has 1 aliphatic rings. The summed E-state index contributed by atoms with van der Waals surface area (Å²) in [6, 6.07) is 10.8. The molecular weight excluding hydrogens is 340 g/mol. The maximum Gasteiger partial charge on any atom is 0.387 e. The van der Waals surface area contributed by atoms with Crippen LogP contribution in [0.5, 0.6) is 11.5 Å². The molecule has 0 fully saturated rings. The molecule has 4 nitrogen and oxygen atoms in total. The number of hydrogen-bond donors (Lipinski definition) is 1. The highest BCUT2D eigenvalue weighted by Crippen LogP contribution is 2.29. The average Bonchev–Trinajstić information content (AvgIpc) is 3.08. The summed E-state index contributed by atoms with van der Waals surface area (Å²) in [6.07, 6.45) is 3.70. The number of benzene rings is 2. The van der Waals surface area contributed by atoms with Gasteiger partial charge >= 0.3 is 6.61 Å². The van der Waals surface area contributed by atoms with E-state index in [1.165, 1.54) is 30.7 Å². The summed E-state index contributed by atoms with van der Waals surface area (Å²) in [7, 11) is 1.38. The van der Waals surface area contributed by atoms with Crippen LogP contribution in [0.1, 0.15) is 28.7 Å². The normalized spacial score (nSPS) is 12.8. The lowest BCUT2D eigenvalue weighted by Crippen LogP contribution is -2.24. The molecule has 0 unspecified atom stereocenters. The maximum atomic E-state index is 12.3. The number of hydrogen-bond acceptors (Lipinski definition) is 3. The van der Waals surface area contributed by atoms with Gasteiger partial charge in [-0.15, -0.1) is 0 Å². The topological polar surface area (TPSA) is 47.6 Å². The van der Waals surface area contributed by atoms with Crippen LogP contribution < -0.4 is 14.8 Å². The fraction of sp³-hybridized carbons (Fsp3) is 0.350. The minimum atomic E-state index is -2.92. The standard InChI is InChI=1S/C20H21F2NO3/c1-25-18-10-14(6-8-17(18)26-20(21)22)12-23-19(24)11-13-5-7-15-3-2-4-16(15)9-13/h5-10,20H,2-4,11-12H2,1H3,(H,23,24). The molecule has 3 rings (SSSR count). The van der Waals surface area contributed by atoms with E-state index < -0.39 is 6.61 Å². The zero-order valence-corrected chi connectivity index (χ0v) is 14.6. The number of fused-ring (bicyclic) bond motifs is 1. The van der Waals surface area contributed by atoms with E-state index in [0.29, 0.717) is 6.42 Å². The molecule has 2 aromatic carbocycles. The molecule has 0 saturated carbocycles. The first-order chi connectivity index (χ1) is 12.5. The fourth-order valence-electron chi connectivity index (χ4n) is 3.20. The van der Waals surface area contributed by atoms with Crippen molar-refractivity contribution in [1.29, 1.82) is 0 Å². The van der Waals surface area contributed by atoms with Gasteiger partial charge in [0.1, 0.15) is 0 Å². The van der Waals surface area contributed by atoms with E-state index in [2.05, 4.69) is 22.2 Å². The van der Waals surface area contributed by atoms with Gasteiger partial charge in [-0.2, -0.15) is 8.78 Å². The van der Waals surface area contributed by atoms with E-state index in [4.69, 9.17) is 4.74 Å². The van der Waals surface area contributed by atoms with Crippen molar-refractivity contribution in [3.63, 3.8) is 0 Å². The van der Waals surface area contributed by atoms with Crippen LogP contribution in [-0.4, -0.2) is 19.6 Å². The molecule has 0 aromatic heterocycles. The van der Waals surface area contributed by atoms with Crippen molar-refractivity contribution in [2.75, 3.05) is 7.11 Å². The highest BCUT2D eigenvalue weighted by Gasteiger charge is 2.13. The first-order valence-electron chi connectivity index (χ1n) is 8.54. The number of alkyl halides is 2. The molecule has 0 atom stereocenters. The Morgan fingerprint density at radius 3 is 2.62 bits per heavy atom.